The third-order valence-electron chi connectivity index (χ3n) is 2.96. The van der Waals surface area contributed by atoms with Gasteiger partial charge >= 0.3 is 0 Å². The van der Waals surface area contributed by atoms with Crippen molar-refractivity contribution in [3.63, 3.8) is 0 Å². The van der Waals surface area contributed by atoms with Gasteiger partial charge in [-0.2, -0.15) is 0 Å². The minimum absolute atomic E-state index is 0.739. The van der Waals surface area contributed by atoms with Crippen LogP contribution in [0.1, 0.15) is 12.5 Å². The second kappa shape index (κ2) is 3.24. The van der Waals surface area contributed by atoms with Crippen LogP contribution in [0.4, 0.5) is 0 Å². The van der Waals surface area contributed by atoms with E-state index >= 15 is 0 Å². The summed E-state index contributed by atoms with van der Waals surface area (Å²) in [6.07, 6.45) is 2.14. The summed E-state index contributed by atoms with van der Waals surface area (Å²) in [5.74, 6) is 1.64. The molecule has 0 bridgehead atoms. The third kappa shape index (κ3) is 1.25. The van der Waals surface area contributed by atoms with Crippen LogP contribution in [0.25, 0.3) is 16.8 Å². The molecule has 0 spiro atoms. The molecule has 16 heavy (non-hydrogen) atoms. The predicted molar refractivity (Wildman–Crippen MR) is 67.4 cm³/mol. The van der Waals surface area contributed by atoms with E-state index in [4.69, 9.17) is 4.74 Å². The Morgan fingerprint density at radius 3 is 2.75 bits per heavy atom. The van der Waals surface area contributed by atoms with E-state index in [0.29, 0.717) is 0 Å². The minimum Gasteiger partial charge on any atom is -0.457 e. The summed E-state index contributed by atoms with van der Waals surface area (Å²) >= 11 is 0. The van der Waals surface area contributed by atoms with Gasteiger partial charge in [0.1, 0.15) is 11.5 Å². The fraction of sp³-hybridized carbons (Fsp3) is 0.0667. The van der Waals surface area contributed by atoms with Gasteiger partial charge in [0, 0.05) is 5.56 Å². The van der Waals surface area contributed by atoms with Crippen LogP contribution >= 0.6 is 0 Å². The van der Waals surface area contributed by atoms with Gasteiger partial charge in [0.05, 0.1) is 0 Å². The molecule has 1 heteroatoms. The Morgan fingerprint density at radius 1 is 1.06 bits per heavy atom. The van der Waals surface area contributed by atoms with Gasteiger partial charge in [-0.1, -0.05) is 36.9 Å². The second-order valence-corrected chi connectivity index (χ2v) is 4.05. The molecule has 0 fully saturated rings. The number of allylic oxidation sites excluding steroid dienone is 1. The lowest BCUT2D eigenvalue weighted by Crippen LogP contribution is -2.02. The molecule has 0 aliphatic carbocycles. The monoisotopic (exact) mass is 208 g/mol. The summed E-state index contributed by atoms with van der Waals surface area (Å²) in [6.45, 7) is 5.90. The molecule has 0 aromatic heterocycles. The summed E-state index contributed by atoms with van der Waals surface area (Å²) in [5, 5.41) is 2.47. The minimum atomic E-state index is 0.739. The van der Waals surface area contributed by atoms with E-state index in [1.54, 1.807) is 0 Å². The smallest absolute Gasteiger partial charge is 0.135 e. The number of benzene rings is 2. The highest BCUT2D eigenvalue weighted by Crippen LogP contribution is 2.35. The first-order chi connectivity index (χ1) is 7.75. The molecular formula is C15H12O. The molecule has 0 atom stereocenters. The highest BCUT2D eigenvalue weighted by molar-refractivity contribution is 5.94. The Hall–Kier alpha value is -2.02. The summed E-state index contributed by atoms with van der Waals surface area (Å²) in [5.41, 5.74) is 2.24. The zero-order chi connectivity index (χ0) is 11.1. The van der Waals surface area contributed by atoms with Crippen LogP contribution in [0.3, 0.4) is 0 Å². The van der Waals surface area contributed by atoms with Crippen molar-refractivity contribution in [3.05, 3.63) is 59.9 Å². The summed E-state index contributed by atoms with van der Waals surface area (Å²) < 4.78 is 5.69. The Bertz CT molecular complexity index is 620. The van der Waals surface area contributed by atoms with Crippen LogP contribution in [0, 0.1) is 0 Å². The van der Waals surface area contributed by atoms with E-state index in [1.165, 1.54) is 10.8 Å². The van der Waals surface area contributed by atoms with Crippen molar-refractivity contribution in [2.75, 3.05) is 0 Å². The molecule has 1 nitrogen and oxygen atoms in total. The lowest BCUT2D eigenvalue weighted by molar-refractivity contribution is 0.434. The van der Waals surface area contributed by atoms with Crippen LogP contribution in [0.5, 0.6) is 5.75 Å². The first-order valence-corrected chi connectivity index (χ1v) is 5.33. The average molecular weight is 208 g/mol. The van der Waals surface area contributed by atoms with Crippen LogP contribution in [0.2, 0.25) is 0 Å². The highest BCUT2D eigenvalue weighted by atomic mass is 16.5. The maximum Gasteiger partial charge on any atom is 0.135 e. The highest BCUT2D eigenvalue weighted by Gasteiger charge is 2.14. The number of hydrogen-bond donors (Lipinski definition) is 0. The molecule has 2 aromatic rings. The normalized spacial score (nSPS) is 14.3. The van der Waals surface area contributed by atoms with Gasteiger partial charge in [0.2, 0.25) is 0 Å². The molecule has 78 valence electrons. The van der Waals surface area contributed by atoms with Crippen molar-refractivity contribution >= 4 is 16.8 Å². The van der Waals surface area contributed by atoms with Gasteiger partial charge in [-0.25, -0.2) is 0 Å². The van der Waals surface area contributed by atoms with Crippen LogP contribution in [0.15, 0.2) is 54.3 Å². The first-order valence-electron chi connectivity index (χ1n) is 5.33. The van der Waals surface area contributed by atoms with Crippen molar-refractivity contribution < 1.29 is 4.74 Å². The number of hydrogen-bond acceptors (Lipinski definition) is 1. The lowest BCUT2D eigenvalue weighted by atomic mass is 9.99. The van der Waals surface area contributed by atoms with Crippen molar-refractivity contribution in [1.82, 2.24) is 0 Å². The zero-order valence-electron chi connectivity index (χ0n) is 9.16. The van der Waals surface area contributed by atoms with E-state index in [2.05, 4.69) is 36.9 Å². The maximum atomic E-state index is 5.69. The standard InChI is InChI=1S/C15H12O/c1-10-9-14-13-6-4-3-5-12(13)7-8-15(14)16-11(10)2/h3-9H,2H2,1H3. The molecule has 3 rings (SSSR count). The maximum absolute atomic E-state index is 5.69. The van der Waals surface area contributed by atoms with E-state index < -0.39 is 0 Å². The van der Waals surface area contributed by atoms with E-state index in [0.717, 1.165) is 22.6 Å². The van der Waals surface area contributed by atoms with E-state index in [-0.39, 0.29) is 0 Å². The fourth-order valence-electron chi connectivity index (χ4n) is 2.02. The zero-order valence-corrected chi connectivity index (χ0v) is 9.16. The Morgan fingerprint density at radius 2 is 1.88 bits per heavy atom. The molecular weight excluding hydrogens is 196 g/mol. The molecule has 1 aliphatic rings. The Balaban J connectivity index is 2.38. The summed E-state index contributed by atoms with van der Waals surface area (Å²) in [4.78, 5) is 0. The topological polar surface area (TPSA) is 9.23 Å². The van der Waals surface area contributed by atoms with Crippen molar-refractivity contribution in [2.45, 2.75) is 6.92 Å². The van der Waals surface area contributed by atoms with Crippen molar-refractivity contribution in [3.8, 4) is 5.75 Å². The quantitative estimate of drug-likeness (QED) is 0.632. The third-order valence-corrected chi connectivity index (χ3v) is 2.96. The van der Waals surface area contributed by atoms with Gasteiger partial charge in [-0.15, -0.1) is 0 Å². The lowest BCUT2D eigenvalue weighted by Gasteiger charge is -2.19. The van der Waals surface area contributed by atoms with Gasteiger partial charge in [-0.3, -0.25) is 0 Å². The first kappa shape index (κ1) is 9.22. The van der Waals surface area contributed by atoms with Crippen LogP contribution < -0.4 is 4.74 Å². The number of fused-ring (bicyclic) bond motifs is 3. The summed E-state index contributed by atoms with van der Waals surface area (Å²) in [6, 6.07) is 12.4. The average Bonchev–Trinajstić information content (AvgIpc) is 2.31. The molecule has 0 saturated heterocycles. The molecule has 1 aliphatic heterocycles. The molecule has 0 saturated carbocycles. The molecule has 0 radical (unpaired) electrons. The number of rotatable bonds is 0. The molecule has 0 N–H and O–H groups in total. The SMILES string of the molecule is C=C1Oc2ccc3ccccc3c2C=C1C. The second-order valence-electron chi connectivity index (χ2n) is 4.05. The Labute approximate surface area is 94.7 Å². The molecule has 2 aromatic carbocycles. The largest absolute Gasteiger partial charge is 0.457 e. The van der Waals surface area contributed by atoms with Gasteiger partial charge in [-0.05, 0) is 35.4 Å². The van der Waals surface area contributed by atoms with Crippen LogP contribution in [-0.2, 0) is 0 Å². The van der Waals surface area contributed by atoms with Gasteiger partial charge < -0.3 is 4.74 Å². The predicted octanol–water partition coefficient (Wildman–Crippen LogP) is 4.15. The fourth-order valence-corrected chi connectivity index (χ4v) is 2.02. The molecule has 0 unspecified atom stereocenters. The van der Waals surface area contributed by atoms with Crippen molar-refractivity contribution in [2.24, 2.45) is 0 Å². The Kier molecular flexibility index (Phi) is 1.87. The van der Waals surface area contributed by atoms with Gasteiger partial charge in [0.25, 0.3) is 0 Å². The van der Waals surface area contributed by atoms with Gasteiger partial charge in [0.15, 0.2) is 0 Å². The van der Waals surface area contributed by atoms with Crippen molar-refractivity contribution in [1.29, 1.82) is 0 Å². The molecule has 1 heterocycles. The number of ether oxygens (including phenoxy) is 1. The van der Waals surface area contributed by atoms with Crippen LogP contribution in [-0.4, -0.2) is 0 Å². The molecule has 0 amide bonds. The summed E-state index contributed by atoms with van der Waals surface area (Å²) in [7, 11) is 0. The van der Waals surface area contributed by atoms with E-state index in [9.17, 15) is 0 Å². The van der Waals surface area contributed by atoms with E-state index in [1.807, 2.05) is 19.1 Å².